The zero-order valence-electron chi connectivity index (χ0n) is 11.7. The minimum absolute atomic E-state index is 0.0512. The van der Waals surface area contributed by atoms with Crippen molar-refractivity contribution in [3.63, 3.8) is 0 Å². The molecular formula is C15H14ClN3O2S. The van der Waals surface area contributed by atoms with Crippen LogP contribution in [0.15, 0.2) is 47.4 Å². The van der Waals surface area contributed by atoms with Gasteiger partial charge in [-0.1, -0.05) is 23.7 Å². The maximum atomic E-state index is 11.4. The quantitative estimate of drug-likeness (QED) is 0.897. The summed E-state index contributed by atoms with van der Waals surface area (Å²) in [4.78, 5) is 0.0512. The van der Waals surface area contributed by atoms with E-state index in [-0.39, 0.29) is 10.9 Å². The van der Waals surface area contributed by atoms with Crippen molar-refractivity contribution in [3.05, 3.63) is 58.6 Å². The molecule has 22 heavy (non-hydrogen) atoms. The summed E-state index contributed by atoms with van der Waals surface area (Å²) in [5.74, 6) is 0. The van der Waals surface area contributed by atoms with Gasteiger partial charge in [-0.05, 0) is 42.8 Å². The van der Waals surface area contributed by atoms with E-state index in [2.05, 4.69) is 11.4 Å². The largest absolute Gasteiger partial charge is 0.377 e. The second-order valence-electron chi connectivity index (χ2n) is 4.79. The first-order chi connectivity index (χ1) is 10.3. The van der Waals surface area contributed by atoms with Crippen molar-refractivity contribution in [2.75, 3.05) is 5.32 Å². The van der Waals surface area contributed by atoms with Gasteiger partial charge in [0.05, 0.1) is 16.1 Å². The molecular weight excluding hydrogens is 322 g/mol. The molecule has 2 rings (SSSR count). The van der Waals surface area contributed by atoms with E-state index < -0.39 is 10.0 Å². The van der Waals surface area contributed by atoms with E-state index in [1.54, 1.807) is 30.3 Å². The molecule has 7 heteroatoms. The molecule has 0 unspecified atom stereocenters. The Morgan fingerprint density at radius 1 is 1.27 bits per heavy atom. The lowest BCUT2D eigenvalue weighted by Gasteiger charge is -2.17. The maximum absolute atomic E-state index is 11.4. The number of rotatable bonds is 4. The average molecular weight is 336 g/mol. The molecule has 0 saturated carbocycles. The van der Waals surface area contributed by atoms with Crippen molar-refractivity contribution in [2.45, 2.75) is 17.9 Å². The Bertz CT molecular complexity index is 844. The van der Waals surface area contributed by atoms with Crippen molar-refractivity contribution >= 4 is 27.3 Å². The van der Waals surface area contributed by atoms with Gasteiger partial charge in [-0.15, -0.1) is 0 Å². The van der Waals surface area contributed by atoms with E-state index in [1.807, 2.05) is 6.92 Å². The molecule has 0 aliphatic heterocycles. The third kappa shape index (κ3) is 3.77. The fourth-order valence-electron chi connectivity index (χ4n) is 2.01. The number of sulfonamides is 1. The first-order valence-corrected chi connectivity index (χ1v) is 8.32. The van der Waals surface area contributed by atoms with Crippen molar-refractivity contribution in [3.8, 4) is 6.07 Å². The lowest BCUT2D eigenvalue weighted by Crippen LogP contribution is -2.14. The minimum Gasteiger partial charge on any atom is -0.377 e. The van der Waals surface area contributed by atoms with Crippen LogP contribution in [0.1, 0.15) is 24.1 Å². The van der Waals surface area contributed by atoms with Crippen LogP contribution in [0.25, 0.3) is 0 Å². The highest BCUT2D eigenvalue weighted by Gasteiger charge is 2.13. The molecule has 0 aliphatic carbocycles. The minimum atomic E-state index is -3.75. The number of anilines is 1. The summed E-state index contributed by atoms with van der Waals surface area (Å²) < 4.78 is 22.8. The molecule has 5 nitrogen and oxygen atoms in total. The predicted molar refractivity (Wildman–Crippen MR) is 86.0 cm³/mol. The fourth-order valence-corrected chi connectivity index (χ4v) is 2.75. The summed E-state index contributed by atoms with van der Waals surface area (Å²) >= 11 is 5.86. The Morgan fingerprint density at radius 3 is 2.64 bits per heavy atom. The molecule has 1 atom stereocenters. The van der Waals surface area contributed by atoms with Gasteiger partial charge in [-0.25, -0.2) is 13.6 Å². The first-order valence-electron chi connectivity index (χ1n) is 6.40. The summed E-state index contributed by atoms with van der Waals surface area (Å²) in [7, 11) is -3.75. The molecule has 2 aromatic carbocycles. The van der Waals surface area contributed by atoms with Crippen LogP contribution in [0.3, 0.4) is 0 Å². The Balaban J connectivity index is 2.31. The van der Waals surface area contributed by atoms with Gasteiger partial charge in [-0.3, -0.25) is 0 Å². The molecule has 0 amide bonds. The molecule has 0 heterocycles. The van der Waals surface area contributed by atoms with E-state index in [9.17, 15) is 8.42 Å². The molecule has 0 radical (unpaired) electrons. The highest BCUT2D eigenvalue weighted by Crippen LogP contribution is 2.25. The normalized spacial score (nSPS) is 12.5. The number of primary sulfonamides is 1. The zero-order valence-corrected chi connectivity index (χ0v) is 13.3. The highest BCUT2D eigenvalue weighted by molar-refractivity contribution is 7.89. The highest BCUT2D eigenvalue weighted by atomic mass is 35.5. The summed E-state index contributed by atoms with van der Waals surface area (Å²) in [6.45, 7) is 1.86. The Morgan fingerprint density at radius 2 is 2.00 bits per heavy atom. The predicted octanol–water partition coefficient (Wildman–Crippen LogP) is 3.03. The summed E-state index contributed by atoms with van der Waals surface area (Å²) in [5.41, 5.74) is 1.78. The number of nitriles is 1. The van der Waals surface area contributed by atoms with Gasteiger partial charge < -0.3 is 5.32 Å². The fraction of sp³-hybridized carbons (Fsp3) is 0.133. The lowest BCUT2D eigenvalue weighted by atomic mass is 10.1. The number of nitrogens with one attached hydrogen (secondary N) is 1. The summed E-state index contributed by atoms with van der Waals surface area (Å²) in [6.07, 6.45) is 0. The van der Waals surface area contributed by atoms with Crippen LogP contribution in [-0.2, 0) is 10.0 Å². The van der Waals surface area contributed by atoms with E-state index in [1.165, 1.54) is 12.1 Å². The SMILES string of the molecule is C[C@H](Nc1ccc(Cl)cc1C#N)c1cccc(S(N)(=O)=O)c1. The molecule has 114 valence electrons. The van der Waals surface area contributed by atoms with E-state index in [0.29, 0.717) is 16.3 Å². The third-order valence-electron chi connectivity index (χ3n) is 3.16. The molecule has 0 bridgehead atoms. The smallest absolute Gasteiger partial charge is 0.238 e. The molecule has 0 fully saturated rings. The topological polar surface area (TPSA) is 96.0 Å². The number of halogens is 1. The monoisotopic (exact) mass is 335 g/mol. The van der Waals surface area contributed by atoms with Gasteiger partial charge in [0.1, 0.15) is 6.07 Å². The lowest BCUT2D eigenvalue weighted by molar-refractivity contribution is 0.597. The van der Waals surface area contributed by atoms with Crippen LogP contribution >= 0.6 is 11.6 Å². The zero-order chi connectivity index (χ0) is 16.3. The van der Waals surface area contributed by atoms with Crippen LogP contribution in [0.4, 0.5) is 5.69 Å². The first kappa shape index (κ1) is 16.3. The Labute approximate surface area is 134 Å². The van der Waals surface area contributed by atoms with Crippen molar-refractivity contribution in [2.24, 2.45) is 5.14 Å². The Kier molecular flexibility index (Phi) is 4.71. The molecule has 0 saturated heterocycles. The number of benzene rings is 2. The van der Waals surface area contributed by atoms with Crippen molar-refractivity contribution in [1.82, 2.24) is 0 Å². The van der Waals surface area contributed by atoms with Crippen LogP contribution in [0, 0.1) is 11.3 Å². The van der Waals surface area contributed by atoms with Crippen LogP contribution in [0.2, 0.25) is 5.02 Å². The number of nitrogens with two attached hydrogens (primary N) is 1. The van der Waals surface area contributed by atoms with Gasteiger partial charge in [0, 0.05) is 11.1 Å². The second kappa shape index (κ2) is 6.36. The second-order valence-corrected chi connectivity index (χ2v) is 6.78. The standard InChI is InChI=1S/C15H14ClN3O2S/c1-10(11-3-2-4-14(8-11)22(18,20)21)19-15-6-5-13(16)7-12(15)9-17/h2-8,10,19H,1H3,(H2,18,20,21)/t10-/m0/s1. The molecule has 3 N–H and O–H groups in total. The van der Waals surface area contributed by atoms with Crippen molar-refractivity contribution in [1.29, 1.82) is 5.26 Å². The van der Waals surface area contributed by atoms with Gasteiger partial charge in [0.15, 0.2) is 0 Å². The molecule has 0 aliphatic rings. The average Bonchev–Trinajstić information content (AvgIpc) is 2.48. The molecule has 2 aromatic rings. The van der Waals surface area contributed by atoms with Gasteiger partial charge >= 0.3 is 0 Å². The van der Waals surface area contributed by atoms with Crippen LogP contribution in [-0.4, -0.2) is 8.42 Å². The summed E-state index contributed by atoms with van der Waals surface area (Å²) in [6, 6.07) is 13.2. The number of hydrogen-bond donors (Lipinski definition) is 2. The van der Waals surface area contributed by atoms with Gasteiger partial charge in [0.2, 0.25) is 10.0 Å². The Hall–Kier alpha value is -2.07. The van der Waals surface area contributed by atoms with Crippen molar-refractivity contribution < 1.29 is 8.42 Å². The maximum Gasteiger partial charge on any atom is 0.238 e. The number of hydrogen-bond acceptors (Lipinski definition) is 4. The van der Waals surface area contributed by atoms with Crippen LogP contribution in [0.5, 0.6) is 0 Å². The van der Waals surface area contributed by atoms with E-state index >= 15 is 0 Å². The number of nitrogens with zero attached hydrogens (tertiary/aromatic N) is 1. The van der Waals surface area contributed by atoms with Gasteiger partial charge in [0.25, 0.3) is 0 Å². The third-order valence-corrected chi connectivity index (χ3v) is 4.31. The van der Waals surface area contributed by atoms with E-state index in [4.69, 9.17) is 22.0 Å². The van der Waals surface area contributed by atoms with E-state index in [0.717, 1.165) is 5.56 Å². The summed E-state index contributed by atoms with van der Waals surface area (Å²) in [5, 5.41) is 17.9. The molecule has 0 aromatic heterocycles. The van der Waals surface area contributed by atoms with Gasteiger partial charge in [-0.2, -0.15) is 5.26 Å². The van der Waals surface area contributed by atoms with Crippen LogP contribution < -0.4 is 10.5 Å². The molecule has 0 spiro atoms.